The van der Waals surface area contributed by atoms with Crippen molar-refractivity contribution in [2.75, 3.05) is 13.4 Å². The number of amides is 1. The molecule has 170 valence electrons. The smallest absolute Gasteiger partial charge is 0.264 e. The highest BCUT2D eigenvalue weighted by Gasteiger charge is 2.43. The van der Waals surface area contributed by atoms with Gasteiger partial charge in [-0.1, -0.05) is 6.07 Å². The number of hydroxylamine groups is 1. The average molecular weight is 462 g/mol. The molecule has 3 rings (SSSR count). The Balaban J connectivity index is 1.95. The van der Waals surface area contributed by atoms with E-state index in [9.17, 15) is 22.4 Å². The van der Waals surface area contributed by atoms with Crippen molar-refractivity contribution in [3.63, 3.8) is 0 Å². The third kappa shape index (κ3) is 4.23. The van der Waals surface area contributed by atoms with Crippen LogP contribution in [0.1, 0.15) is 13.3 Å². The number of aromatic nitrogens is 1. The van der Waals surface area contributed by atoms with Crippen molar-refractivity contribution < 1.29 is 27.5 Å². The minimum Gasteiger partial charge on any atom is -0.497 e. The average Bonchev–Trinajstić information content (AvgIpc) is 2.76. The number of rotatable bonds is 7. The van der Waals surface area contributed by atoms with Gasteiger partial charge in [-0.05, 0) is 54.6 Å². The summed E-state index contributed by atoms with van der Waals surface area (Å²) in [4.78, 5) is 24.9. The van der Waals surface area contributed by atoms with E-state index in [0.29, 0.717) is 27.6 Å². The number of methoxy groups -OCH3 is 1. The molecule has 0 unspecified atom stereocenters. The number of hydrogen-bond acceptors (Lipinski definition) is 6. The van der Waals surface area contributed by atoms with Crippen molar-refractivity contribution in [1.82, 2.24) is 10.0 Å². The molecular weight excluding hydrogens is 439 g/mol. The second-order valence-corrected chi connectivity index (χ2v) is 10.1. The first kappa shape index (κ1) is 23.4. The lowest BCUT2D eigenvalue weighted by atomic mass is 10.0. The summed E-state index contributed by atoms with van der Waals surface area (Å²) in [7, 11) is -2.43. The van der Waals surface area contributed by atoms with Gasteiger partial charge in [0.25, 0.3) is 11.5 Å². The molecule has 0 aliphatic heterocycles. The molecule has 0 bridgehead atoms. The third-order valence-electron chi connectivity index (χ3n) is 5.69. The van der Waals surface area contributed by atoms with E-state index in [-0.39, 0.29) is 18.5 Å². The molecule has 2 aromatic carbocycles. The van der Waals surface area contributed by atoms with E-state index >= 15 is 0 Å². The molecule has 1 heterocycles. The number of aryl methyl sites for hydroxylation is 1. The van der Waals surface area contributed by atoms with Crippen LogP contribution in [0.3, 0.4) is 0 Å². The van der Waals surface area contributed by atoms with E-state index in [0.717, 1.165) is 6.26 Å². The number of ether oxygens (including phenoxy) is 1. The van der Waals surface area contributed by atoms with Crippen LogP contribution >= 0.6 is 0 Å². The van der Waals surface area contributed by atoms with Crippen molar-refractivity contribution in [2.45, 2.75) is 24.6 Å². The molecule has 0 aliphatic carbocycles. The molecule has 3 aromatic rings. The van der Waals surface area contributed by atoms with Crippen LogP contribution in [0.2, 0.25) is 0 Å². The van der Waals surface area contributed by atoms with Gasteiger partial charge in [-0.2, -0.15) is 0 Å². The van der Waals surface area contributed by atoms with Gasteiger partial charge in [0.1, 0.15) is 11.6 Å². The number of nitrogens with one attached hydrogen (secondary N) is 1. The van der Waals surface area contributed by atoms with Crippen LogP contribution in [-0.4, -0.2) is 42.2 Å². The molecule has 1 atom stereocenters. The summed E-state index contributed by atoms with van der Waals surface area (Å²) in [5, 5.41) is 9.87. The zero-order valence-corrected chi connectivity index (χ0v) is 18.6. The van der Waals surface area contributed by atoms with E-state index in [4.69, 9.17) is 9.94 Å². The highest BCUT2D eigenvalue weighted by molar-refractivity contribution is 7.92. The number of pyridine rings is 1. The number of halogens is 1. The van der Waals surface area contributed by atoms with Crippen molar-refractivity contribution in [3.05, 3.63) is 64.8 Å². The molecule has 10 heteroatoms. The number of carbonyl (C=O) groups excluding carboxylic acids is 1. The van der Waals surface area contributed by atoms with Crippen LogP contribution in [0.25, 0.3) is 21.9 Å². The molecule has 0 radical (unpaired) electrons. The minimum atomic E-state index is -3.88. The molecule has 0 saturated heterocycles. The van der Waals surface area contributed by atoms with Gasteiger partial charge < -0.3 is 9.30 Å². The van der Waals surface area contributed by atoms with Gasteiger partial charge >= 0.3 is 0 Å². The second kappa shape index (κ2) is 8.71. The van der Waals surface area contributed by atoms with Gasteiger partial charge in [-0.15, -0.1) is 0 Å². The third-order valence-corrected chi connectivity index (χ3v) is 7.72. The lowest BCUT2D eigenvalue weighted by Crippen LogP contribution is -2.49. The fourth-order valence-electron chi connectivity index (χ4n) is 3.41. The largest absolute Gasteiger partial charge is 0.497 e. The number of sulfone groups is 1. The summed E-state index contributed by atoms with van der Waals surface area (Å²) < 4.78 is 43.1. The van der Waals surface area contributed by atoms with Gasteiger partial charge in [0.05, 0.1) is 7.11 Å². The van der Waals surface area contributed by atoms with Crippen molar-refractivity contribution >= 4 is 26.5 Å². The Hall–Kier alpha value is -3.24. The fraction of sp³-hybridized carbons (Fsp3) is 0.273. The van der Waals surface area contributed by atoms with Crippen LogP contribution in [0, 0.1) is 5.82 Å². The first-order valence-corrected chi connectivity index (χ1v) is 11.5. The molecule has 32 heavy (non-hydrogen) atoms. The quantitative estimate of drug-likeness (QED) is 0.412. The van der Waals surface area contributed by atoms with Gasteiger partial charge in [-0.3, -0.25) is 14.8 Å². The van der Waals surface area contributed by atoms with Crippen molar-refractivity contribution in [3.8, 4) is 16.9 Å². The van der Waals surface area contributed by atoms with Crippen LogP contribution in [-0.2, 0) is 21.2 Å². The Labute approximate surface area is 184 Å². The number of benzene rings is 2. The number of fused-ring (bicyclic) bond motifs is 1. The summed E-state index contributed by atoms with van der Waals surface area (Å²) >= 11 is 0. The van der Waals surface area contributed by atoms with Crippen LogP contribution < -0.4 is 15.8 Å². The first-order chi connectivity index (χ1) is 15.0. The predicted octanol–water partition coefficient (Wildman–Crippen LogP) is 2.52. The van der Waals surface area contributed by atoms with Gasteiger partial charge in [0.2, 0.25) is 0 Å². The molecule has 0 spiro atoms. The SMILES string of the molecule is COc1ccc(-c2ccc3c(=O)n(CC[C@](C)(C(=O)NO)S(C)(=O)=O)ccc3c2)c(F)c1. The molecule has 1 aromatic heterocycles. The lowest BCUT2D eigenvalue weighted by molar-refractivity contribution is -0.131. The molecule has 8 nitrogen and oxygen atoms in total. The minimum absolute atomic E-state index is 0.0688. The monoisotopic (exact) mass is 462 g/mol. The van der Waals surface area contributed by atoms with E-state index in [2.05, 4.69) is 0 Å². The van der Waals surface area contributed by atoms with Gasteiger partial charge in [-0.25, -0.2) is 18.3 Å². The Morgan fingerprint density at radius 3 is 2.53 bits per heavy atom. The predicted molar refractivity (Wildman–Crippen MR) is 118 cm³/mol. The van der Waals surface area contributed by atoms with Crippen LogP contribution in [0.5, 0.6) is 5.75 Å². The van der Waals surface area contributed by atoms with Crippen LogP contribution in [0.4, 0.5) is 4.39 Å². The second-order valence-electron chi connectivity index (χ2n) is 7.66. The summed E-state index contributed by atoms with van der Waals surface area (Å²) in [5.41, 5.74) is 1.94. The Morgan fingerprint density at radius 1 is 1.22 bits per heavy atom. The van der Waals surface area contributed by atoms with E-state index in [1.54, 1.807) is 36.4 Å². The van der Waals surface area contributed by atoms with Gasteiger partial charge in [0.15, 0.2) is 14.6 Å². The van der Waals surface area contributed by atoms with E-state index in [1.165, 1.54) is 36.3 Å². The maximum atomic E-state index is 14.4. The number of carbonyl (C=O) groups is 1. The molecule has 0 saturated carbocycles. The van der Waals surface area contributed by atoms with Crippen molar-refractivity contribution in [2.24, 2.45) is 0 Å². The van der Waals surface area contributed by atoms with Crippen LogP contribution in [0.15, 0.2) is 53.5 Å². The highest BCUT2D eigenvalue weighted by atomic mass is 32.2. The molecule has 0 fully saturated rings. The maximum Gasteiger partial charge on any atom is 0.264 e. The van der Waals surface area contributed by atoms with Gasteiger partial charge in [0, 0.05) is 36.0 Å². The maximum absolute atomic E-state index is 14.4. The highest BCUT2D eigenvalue weighted by Crippen LogP contribution is 2.28. The molecular formula is C22H23FN2O6S. The zero-order valence-electron chi connectivity index (χ0n) is 17.8. The molecule has 2 N–H and O–H groups in total. The molecule has 1 amide bonds. The Morgan fingerprint density at radius 2 is 1.94 bits per heavy atom. The molecule has 0 aliphatic rings. The Bertz CT molecular complexity index is 1350. The summed E-state index contributed by atoms with van der Waals surface area (Å²) in [6.07, 6.45) is 2.16. The fourth-order valence-corrected chi connectivity index (χ4v) is 4.25. The first-order valence-electron chi connectivity index (χ1n) is 9.63. The standard InChI is InChI=1S/C22H23FN2O6S/c1-22(21(27)24-28,32(3,29)30)9-11-25-10-8-15-12-14(4-6-18(15)20(25)26)17-7-5-16(31-2)13-19(17)23/h4-8,10,12-13,28H,9,11H2,1-3H3,(H,24,27)/t22-/m1/s1. The summed E-state index contributed by atoms with van der Waals surface area (Å²) in [6.45, 7) is 1.12. The zero-order chi connectivity index (χ0) is 23.7. The Kier molecular flexibility index (Phi) is 6.38. The normalized spacial score (nSPS) is 13.5. The topological polar surface area (TPSA) is 115 Å². The van der Waals surface area contributed by atoms with E-state index in [1.807, 2.05) is 0 Å². The van der Waals surface area contributed by atoms with Crippen molar-refractivity contribution in [1.29, 1.82) is 0 Å². The summed E-state index contributed by atoms with van der Waals surface area (Å²) in [5.74, 6) is -1.13. The lowest BCUT2D eigenvalue weighted by Gasteiger charge is -2.25. The number of nitrogens with zero attached hydrogens (tertiary/aromatic N) is 1. The summed E-state index contributed by atoms with van der Waals surface area (Å²) in [6, 6.07) is 11.1. The number of hydrogen-bond donors (Lipinski definition) is 2. The van der Waals surface area contributed by atoms with E-state index < -0.39 is 26.3 Å².